The zero-order chi connectivity index (χ0) is 22.5. The smallest absolute Gasteiger partial charge is 0.220 e. The predicted molar refractivity (Wildman–Crippen MR) is 122 cm³/mol. The first-order chi connectivity index (χ1) is 15.5. The summed E-state index contributed by atoms with van der Waals surface area (Å²) < 4.78 is 0. The molecule has 1 amide bonds. The molecule has 168 valence electrons. The number of hydrogen-bond donors (Lipinski definition) is 2. The standard InChI is InChI=1S/C24H30N6O2/c25-15-21(27-17-6-2-1-3-7-17)22(31)14-20-24(29-19-9-5-4-8-18(19)28-20)30-12-10-16(11-13-30)23(26)32/h4-5,8-9,16-17,21,27H,1-3,6-7,10-14H2,(H2,26,32)/t21-/m1/s1. The molecule has 1 saturated heterocycles. The number of hydrogen-bond acceptors (Lipinski definition) is 7. The van der Waals surface area contributed by atoms with Gasteiger partial charge in [0.15, 0.2) is 17.6 Å². The van der Waals surface area contributed by atoms with Crippen molar-refractivity contribution in [3.63, 3.8) is 0 Å². The Morgan fingerprint density at radius 1 is 1.09 bits per heavy atom. The molecule has 0 spiro atoms. The first kappa shape index (κ1) is 22.2. The fourth-order valence-corrected chi connectivity index (χ4v) is 4.75. The first-order valence-corrected chi connectivity index (χ1v) is 11.5. The predicted octanol–water partition coefficient (Wildman–Crippen LogP) is 2.26. The van der Waals surface area contributed by atoms with Gasteiger partial charge in [-0.2, -0.15) is 5.26 Å². The van der Waals surface area contributed by atoms with Crippen LogP contribution in [0, 0.1) is 17.2 Å². The van der Waals surface area contributed by atoms with Gasteiger partial charge in [-0.1, -0.05) is 31.4 Å². The number of Topliss-reactive ketones (excluding diaryl/α,β-unsaturated/α-hetero) is 1. The molecule has 1 atom stereocenters. The molecule has 1 saturated carbocycles. The summed E-state index contributed by atoms with van der Waals surface area (Å²) in [6, 6.07) is 9.09. The first-order valence-electron chi connectivity index (χ1n) is 11.5. The molecule has 1 aromatic heterocycles. The molecule has 1 aliphatic heterocycles. The van der Waals surface area contributed by atoms with Crippen LogP contribution < -0.4 is 16.0 Å². The Balaban J connectivity index is 1.56. The number of carbonyl (C=O) groups is 2. The van der Waals surface area contributed by atoms with E-state index in [2.05, 4.69) is 16.3 Å². The van der Waals surface area contributed by atoms with Crippen LogP contribution in [0.2, 0.25) is 0 Å². The molecular weight excluding hydrogens is 404 g/mol. The molecule has 32 heavy (non-hydrogen) atoms. The summed E-state index contributed by atoms with van der Waals surface area (Å²) in [7, 11) is 0. The number of nitriles is 1. The summed E-state index contributed by atoms with van der Waals surface area (Å²) >= 11 is 0. The van der Waals surface area contributed by atoms with Gasteiger partial charge in [-0.05, 0) is 37.8 Å². The largest absolute Gasteiger partial charge is 0.369 e. The van der Waals surface area contributed by atoms with Crippen LogP contribution in [0.25, 0.3) is 11.0 Å². The highest BCUT2D eigenvalue weighted by atomic mass is 16.1. The zero-order valence-electron chi connectivity index (χ0n) is 18.3. The van der Waals surface area contributed by atoms with Crippen molar-refractivity contribution in [2.45, 2.75) is 63.5 Å². The van der Waals surface area contributed by atoms with Gasteiger partial charge in [0.1, 0.15) is 0 Å². The molecule has 0 unspecified atom stereocenters. The van der Waals surface area contributed by atoms with Gasteiger partial charge in [0.2, 0.25) is 5.91 Å². The normalized spacial score (nSPS) is 18.9. The molecule has 2 aromatic rings. The van der Waals surface area contributed by atoms with Crippen LogP contribution in [0.4, 0.5) is 5.82 Å². The minimum atomic E-state index is -0.847. The maximum atomic E-state index is 13.1. The number of rotatable bonds is 7. The van der Waals surface area contributed by atoms with E-state index in [1.807, 2.05) is 24.3 Å². The number of carbonyl (C=O) groups excluding carboxylic acids is 2. The van der Waals surface area contributed by atoms with Crippen molar-refractivity contribution in [3.05, 3.63) is 30.0 Å². The number of piperidine rings is 1. The molecule has 3 N–H and O–H groups in total. The minimum Gasteiger partial charge on any atom is -0.369 e. The summed E-state index contributed by atoms with van der Waals surface area (Å²) in [5.74, 6) is 0.0768. The Morgan fingerprint density at radius 3 is 2.38 bits per heavy atom. The van der Waals surface area contributed by atoms with Gasteiger partial charge >= 0.3 is 0 Å². The number of fused-ring (bicyclic) bond motifs is 1. The molecule has 8 nitrogen and oxygen atoms in total. The Kier molecular flexibility index (Phi) is 6.96. The quantitative estimate of drug-likeness (QED) is 0.685. The highest BCUT2D eigenvalue weighted by Gasteiger charge is 2.29. The van der Waals surface area contributed by atoms with E-state index in [1.165, 1.54) is 6.42 Å². The van der Waals surface area contributed by atoms with Gasteiger partial charge in [0.25, 0.3) is 0 Å². The lowest BCUT2D eigenvalue weighted by molar-refractivity contribution is -0.122. The SMILES string of the molecule is N#C[C@@H](NC1CCCCC1)C(=O)Cc1nc2ccccc2nc1N1CCC(C(N)=O)CC1. The van der Waals surface area contributed by atoms with Gasteiger partial charge in [-0.25, -0.2) is 9.97 Å². The highest BCUT2D eigenvalue weighted by molar-refractivity contribution is 5.90. The number of anilines is 1. The van der Waals surface area contributed by atoms with E-state index in [9.17, 15) is 14.9 Å². The van der Waals surface area contributed by atoms with Crippen molar-refractivity contribution in [1.29, 1.82) is 5.26 Å². The van der Waals surface area contributed by atoms with Crippen LogP contribution in [0.1, 0.15) is 50.6 Å². The summed E-state index contributed by atoms with van der Waals surface area (Å²) in [5, 5.41) is 12.9. The molecule has 0 radical (unpaired) electrons. The molecule has 2 fully saturated rings. The summed E-state index contributed by atoms with van der Waals surface area (Å²) in [6.45, 7) is 1.26. The Labute approximate surface area is 188 Å². The molecule has 8 heteroatoms. The fourth-order valence-electron chi connectivity index (χ4n) is 4.75. The second-order valence-electron chi connectivity index (χ2n) is 8.85. The summed E-state index contributed by atoms with van der Waals surface area (Å²) in [6.07, 6.45) is 6.83. The number of para-hydroxylation sites is 2. The molecule has 2 aliphatic rings. The van der Waals surface area contributed by atoms with Crippen molar-refractivity contribution in [1.82, 2.24) is 15.3 Å². The van der Waals surface area contributed by atoms with E-state index in [-0.39, 0.29) is 30.1 Å². The van der Waals surface area contributed by atoms with Crippen LogP contribution in [-0.2, 0) is 16.0 Å². The van der Waals surface area contributed by atoms with Crippen molar-refractivity contribution in [2.75, 3.05) is 18.0 Å². The molecule has 4 rings (SSSR count). The second kappa shape index (κ2) is 10.0. The van der Waals surface area contributed by atoms with E-state index in [4.69, 9.17) is 15.7 Å². The van der Waals surface area contributed by atoms with E-state index in [0.717, 1.165) is 36.7 Å². The fraction of sp³-hybridized carbons (Fsp3) is 0.542. The van der Waals surface area contributed by atoms with Gasteiger partial charge in [-0.15, -0.1) is 0 Å². The third kappa shape index (κ3) is 5.05. The number of primary amides is 1. The van der Waals surface area contributed by atoms with E-state index < -0.39 is 6.04 Å². The van der Waals surface area contributed by atoms with Gasteiger partial charge < -0.3 is 10.6 Å². The highest BCUT2D eigenvalue weighted by Crippen LogP contribution is 2.27. The van der Waals surface area contributed by atoms with Crippen LogP contribution in [0.15, 0.2) is 24.3 Å². The van der Waals surface area contributed by atoms with E-state index in [1.54, 1.807) is 0 Å². The number of ketones is 1. The Bertz CT molecular complexity index is 1020. The van der Waals surface area contributed by atoms with E-state index in [0.29, 0.717) is 37.4 Å². The van der Waals surface area contributed by atoms with Crippen molar-refractivity contribution in [3.8, 4) is 6.07 Å². The molecule has 0 bridgehead atoms. The third-order valence-corrected chi connectivity index (χ3v) is 6.62. The number of benzene rings is 1. The van der Waals surface area contributed by atoms with Crippen molar-refractivity contribution < 1.29 is 9.59 Å². The lowest BCUT2D eigenvalue weighted by Crippen LogP contribution is -2.44. The molecule has 1 aliphatic carbocycles. The van der Waals surface area contributed by atoms with Crippen molar-refractivity contribution >= 4 is 28.5 Å². The number of nitrogens with one attached hydrogen (secondary N) is 1. The van der Waals surface area contributed by atoms with Crippen molar-refractivity contribution in [2.24, 2.45) is 11.7 Å². The van der Waals surface area contributed by atoms with E-state index >= 15 is 0 Å². The second-order valence-corrected chi connectivity index (χ2v) is 8.85. The zero-order valence-corrected chi connectivity index (χ0v) is 18.3. The van der Waals surface area contributed by atoms with Gasteiger partial charge in [0.05, 0.1) is 29.2 Å². The van der Waals surface area contributed by atoms with Gasteiger partial charge in [0, 0.05) is 25.0 Å². The molecule has 1 aromatic carbocycles. The van der Waals surface area contributed by atoms with Crippen LogP contribution in [0.3, 0.4) is 0 Å². The lowest BCUT2D eigenvalue weighted by atomic mass is 9.94. The number of aromatic nitrogens is 2. The van der Waals surface area contributed by atoms with Crippen LogP contribution >= 0.6 is 0 Å². The summed E-state index contributed by atoms with van der Waals surface area (Å²) in [4.78, 5) is 36.3. The molecular formula is C24H30N6O2. The average Bonchev–Trinajstić information content (AvgIpc) is 2.82. The van der Waals surface area contributed by atoms with Crippen LogP contribution in [0.5, 0.6) is 0 Å². The maximum absolute atomic E-state index is 13.1. The number of amides is 1. The Morgan fingerprint density at radius 2 is 1.75 bits per heavy atom. The average molecular weight is 435 g/mol. The van der Waals surface area contributed by atoms with Crippen LogP contribution in [-0.4, -0.2) is 46.8 Å². The molecule has 2 heterocycles. The lowest BCUT2D eigenvalue weighted by Gasteiger charge is -2.32. The number of nitrogens with zero attached hydrogens (tertiary/aromatic N) is 4. The third-order valence-electron chi connectivity index (χ3n) is 6.62. The topological polar surface area (TPSA) is 125 Å². The van der Waals surface area contributed by atoms with Gasteiger partial charge in [-0.3, -0.25) is 14.9 Å². The number of nitrogens with two attached hydrogens (primary N) is 1. The minimum absolute atomic E-state index is 0.0425. The maximum Gasteiger partial charge on any atom is 0.220 e. The Hall–Kier alpha value is -3.05. The summed E-state index contributed by atoms with van der Waals surface area (Å²) in [5.41, 5.74) is 7.54. The monoisotopic (exact) mass is 434 g/mol.